The lowest BCUT2D eigenvalue weighted by molar-refractivity contribution is 0.180. The predicted octanol–water partition coefficient (Wildman–Crippen LogP) is 2.23. The highest BCUT2D eigenvalue weighted by Crippen LogP contribution is 2.22. The smallest absolute Gasteiger partial charge is 0.124 e. The lowest BCUT2D eigenvalue weighted by Gasteiger charge is -2.12. The predicted molar refractivity (Wildman–Crippen MR) is 52.9 cm³/mol. The fourth-order valence-electron chi connectivity index (χ4n) is 1.07. The molecule has 2 N–H and O–H groups in total. The van der Waals surface area contributed by atoms with Gasteiger partial charge in [-0.25, -0.2) is 4.39 Å². The highest BCUT2D eigenvalue weighted by atomic mass is 79.9. The Morgan fingerprint density at radius 2 is 2.31 bits per heavy atom. The topological polar surface area (TPSA) is 35.2 Å². The number of methoxy groups -OCH3 is 1. The van der Waals surface area contributed by atoms with Crippen LogP contribution >= 0.6 is 15.9 Å². The standard InChI is InChI=1S/C9H11BrFNO/c1-13-5-9(12)7-3-2-6(11)4-8(7)10/h2-4,9H,5,12H2,1H3. The van der Waals surface area contributed by atoms with Crippen LogP contribution in [0.3, 0.4) is 0 Å². The average molecular weight is 248 g/mol. The maximum absolute atomic E-state index is 12.7. The molecule has 1 aromatic carbocycles. The van der Waals surface area contributed by atoms with E-state index in [-0.39, 0.29) is 11.9 Å². The molecule has 0 aliphatic carbocycles. The van der Waals surface area contributed by atoms with E-state index in [0.29, 0.717) is 11.1 Å². The first kappa shape index (κ1) is 10.6. The van der Waals surface area contributed by atoms with Crippen molar-refractivity contribution in [3.8, 4) is 0 Å². The van der Waals surface area contributed by atoms with Crippen molar-refractivity contribution in [2.75, 3.05) is 13.7 Å². The lowest BCUT2D eigenvalue weighted by Crippen LogP contribution is -2.16. The zero-order chi connectivity index (χ0) is 9.84. The molecule has 0 amide bonds. The van der Waals surface area contributed by atoms with Gasteiger partial charge in [0.1, 0.15) is 5.82 Å². The maximum Gasteiger partial charge on any atom is 0.124 e. The van der Waals surface area contributed by atoms with Crippen molar-refractivity contribution >= 4 is 15.9 Å². The Morgan fingerprint density at radius 1 is 1.62 bits per heavy atom. The summed E-state index contributed by atoms with van der Waals surface area (Å²) < 4.78 is 18.3. The van der Waals surface area contributed by atoms with Crippen LogP contribution in [0.2, 0.25) is 0 Å². The molecule has 1 aromatic rings. The van der Waals surface area contributed by atoms with Crippen molar-refractivity contribution in [2.45, 2.75) is 6.04 Å². The van der Waals surface area contributed by atoms with Gasteiger partial charge in [0.05, 0.1) is 12.6 Å². The fourth-order valence-corrected chi connectivity index (χ4v) is 1.72. The molecule has 0 saturated carbocycles. The fraction of sp³-hybridized carbons (Fsp3) is 0.333. The summed E-state index contributed by atoms with van der Waals surface area (Å²) in [5.41, 5.74) is 6.63. The van der Waals surface area contributed by atoms with Gasteiger partial charge in [-0.05, 0) is 17.7 Å². The molecule has 1 unspecified atom stereocenters. The Labute approximate surface area is 85.0 Å². The summed E-state index contributed by atoms with van der Waals surface area (Å²) in [5, 5.41) is 0. The van der Waals surface area contributed by atoms with Gasteiger partial charge in [0.25, 0.3) is 0 Å². The minimum absolute atomic E-state index is 0.222. The summed E-state index contributed by atoms with van der Waals surface area (Å²) in [5.74, 6) is -0.278. The second-order valence-corrected chi connectivity index (χ2v) is 3.58. The third-order valence-electron chi connectivity index (χ3n) is 1.71. The zero-order valence-corrected chi connectivity index (χ0v) is 8.84. The molecule has 0 radical (unpaired) electrons. The Kier molecular flexibility index (Phi) is 3.84. The molecule has 13 heavy (non-hydrogen) atoms. The van der Waals surface area contributed by atoms with Crippen LogP contribution in [0.1, 0.15) is 11.6 Å². The van der Waals surface area contributed by atoms with Crippen molar-refractivity contribution < 1.29 is 9.13 Å². The first-order chi connectivity index (χ1) is 6.15. The van der Waals surface area contributed by atoms with Crippen LogP contribution in [0.25, 0.3) is 0 Å². The summed E-state index contributed by atoms with van der Waals surface area (Å²) in [6, 6.07) is 4.21. The van der Waals surface area contributed by atoms with Crippen molar-refractivity contribution in [3.05, 3.63) is 34.1 Å². The Morgan fingerprint density at radius 3 is 2.85 bits per heavy atom. The molecule has 0 fully saturated rings. The Hall–Kier alpha value is -0.450. The molecule has 0 aromatic heterocycles. The molecule has 0 aliphatic rings. The number of nitrogens with two attached hydrogens (primary N) is 1. The van der Waals surface area contributed by atoms with E-state index in [1.54, 1.807) is 13.2 Å². The minimum Gasteiger partial charge on any atom is -0.383 e. The van der Waals surface area contributed by atoms with Gasteiger partial charge >= 0.3 is 0 Å². The molecule has 1 atom stereocenters. The second kappa shape index (κ2) is 4.69. The first-order valence-electron chi connectivity index (χ1n) is 3.84. The molecule has 0 bridgehead atoms. The zero-order valence-electron chi connectivity index (χ0n) is 7.26. The van der Waals surface area contributed by atoms with Gasteiger partial charge in [0.2, 0.25) is 0 Å². The van der Waals surface area contributed by atoms with Gasteiger partial charge in [0.15, 0.2) is 0 Å². The van der Waals surface area contributed by atoms with Crippen LogP contribution in [0, 0.1) is 5.82 Å². The van der Waals surface area contributed by atoms with Crippen molar-refractivity contribution in [1.82, 2.24) is 0 Å². The van der Waals surface area contributed by atoms with Crippen LogP contribution in [-0.4, -0.2) is 13.7 Å². The van der Waals surface area contributed by atoms with Gasteiger partial charge in [-0.2, -0.15) is 0 Å². The van der Waals surface area contributed by atoms with Crippen LogP contribution in [-0.2, 0) is 4.74 Å². The normalized spacial score (nSPS) is 12.9. The molecule has 0 saturated heterocycles. The number of hydrogen-bond acceptors (Lipinski definition) is 2. The van der Waals surface area contributed by atoms with E-state index in [0.717, 1.165) is 5.56 Å². The van der Waals surface area contributed by atoms with E-state index >= 15 is 0 Å². The third kappa shape index (κ3) is 2.76. The summed E-state index contributed by atoms with van der Waals surface area (Å²) >= 11 is 3.24. The number of ether oxygens (including phenoxy) is 1. The number of rotatable bonds is 3. The van der Waals surface area contributed by atoms with Crippen molar-refractivity contribution in [2.24, 2.45) is 5.73 Å². The third-order valence-corrected chi connectivity index (χ3v) is 2.39. The summed E-state index contributed by atoms with van der Waals surface area (Å²) in [6.07, 6.45) is 0. The van der Waals surface area contributed by atoms with E-state index in [1.807, 2.05) is 0 Å². The van der Waals surface area contributed by atoms with Crippen LogP contribution in [0.15, 0.2) is 22.7 Å². The van der Waals surface area contributed by atoms with Crippen LogP contribution in [0.5, 0.6) is 0 Å². The molecule has 1 rings (SSSR count). The van der Waals surface area contributed by atoms with Crippen molar-refractivity contribution in [1.29, 1.82) is 0 Å². The van der Waals surface area contributed by atoms with E-state index in [1.165, 1.54) is 12.1 Å². The molecule has 72 valence electrons. The van der Waals surface area contributed by atoms with Crippen molar-refractivity contribution in [3.63, 3.8) is 0 Å². The highest BCUT2D eigenvalue weighted by Gasteiger charge is 2.09. The van der Waals surface area contributed by atoms with E-state index < -0.39 is 0 Å². The number of hydrogen-bond donors (Lipinski definition) is 1. The average Bonchev–Trinajstić information content (AvgIpc) is 2.04. The van der Waals surface area contributed by atoms with Gasteiger partial charge in [0, 0.05) is 11.6 Å². The number of halogens is 2. The Bertz CT molecular complexity index is 293. The van der Waals surface area contributed by atoms with Gasteiger partial charge in [-0.15, -0.1) is 0 Å². The van der Waals surface area contributed by atoms with E-state index in [9.17, 15) is 4.39 Å². The molecule has 4 heteroatoms. The maximum atomic E-state index is 12.7. The minimum atomic E-state index is -0.278. The summed E-state index contributed by atoms with van der Waals surface area (Å²) in [7, 11) is 1.58. The molecule has 2 nitrogen and oxygen atoms in total. The molecular weight excluding hydrogens is 237 g/mol. The molecule has 0 aliphatic heterocycles. The van der Waals surface area contributed by atoms with Gasteiger partial charge in [-0.3, -0.25) is 0 Å². The SMILES string of the molecule is COCC(N)c1ccc(F)cc1Br. The lowest BCUT2D eigenvalue weighted by atomic mass is 10.1. The van der Waals surface area contributed by atoms with Crippen LogP contribution < -0.4 is 5.73 Å². The Balaban J connectivity index is 2.88. The molecule has 0 spiro atoms. The molecular formula is C9H11BrFNO. The molecule has 0 heterocycles. The summed E-state index contributed by atoms with van der Waals surface area (Å²) in [4.78, 5) is 0. The monoisotopic (exact) mass is 247 g/mol. The highest BCUT2D eigenvalue weighted by molar-refractivity contribution is 9.10. The van der Waals surface area contributed by atoms with Crippen LogP contribution in [0.4, 0.5) is 4.39 Å². The quantitative estimate of drug-likeness (QED) is 0.890. The summed E-state index contributed by atoms with van der Waals surface area (Å²) in [6.45, 7) is 0.421. The number of benzene rings is 1. The second-order valence-electron chi connectivity index (χ2n) is 2.73. The van der Waals surface area contributed by atoms with E-state index in [2.05, 4.69) is 15.9 Å². The van der Waals surface area contributed by atoms with E-state index in [4.69, 9.17) is 10.5 Å². The largest absolute Gasteiger partial charge is 0.383 e. The van der Waals surface area contributed by atoms with Gasteiger partial charge in [-0.1, -0.05) is 22.0 Å². The van der Waals surface area contributed by atoms with Gasteiger partial charge < -0.3 is 10.5 Å². The first-order valence-corrected chi connectivity index (χ1v) is 4.64.